The molecule has 232 valence electrons. The third-order valence-electron chi connectivity index (χ3n) is 10.4. The first-order valence-corrected chi connectivity index (χ1v) is 17.1. The lowest BCUT2D eigenvalue weighted by Crippen LogP contribution is -2.01. The highest BCUT2D eigenvalue weighted by Gasteiger charge is 2.12. The van der Waals surface area contributed by atoms with Crippen molar-refractivity contribution < 1.29 is 4.79 Å². The van der Waals surface area contributed by atoms with Crippen LogP contribution in [0.4, 0.5) is 0 Å². The topological polar surface area (TPSA) is 17.1 Å². The standard InChI is InChI=1S/C49H30O/c50-49(33-13-9-31(10-14-33)39-21-23-45-41(27-39)17-19-43-25-35-5-1-3-7-37(35)29-47(43)45)34-15-11-32(12-16-34)40-22-24-46-42(28-40)18-20-44-26-36-6-2-4-8-38(36)30-48(44)46/h1-30H. The van der Waals surface area contributed by atoms with Gasteiger partial charge in [0.2, 0.25) is 0 Å². The molecule has 10 rings (SSSR count). The molecule has 10 aromatic rings. The third-order valence-corrected chi connectivity index (χ3v) is 10.4. The van der Waals surface area contributed by atoms with Gasteiger partial charge in [0.15, 0.2) is 5.78 Å². The van der Waals surface area contributed by atoms with Gasteiger partial charge in [-0.2, -0.15) is 0 Å². The first-order valence-electron chi connectivity index (χ1n) is 17.1. The molecule has 0 N–H and O–H groups in total. The zero-order valence-electron chi connectivity index (χ0n) is 27.2. The molecule has 0 fully saturated rings. The number of benzene rings is 10. The second-order valence-electron chi connectivity index (χ2n) is 13.3. The minimum atomic E-state index is 0.0255. The van der Waals surface area contributed by atoms with Crippen molar-refractivity contribution in [2.75, 3.05) is 0 Å². The van der Waals surface area contributed by atoms with E-state index in [2.05, 4.69) is 158 Å². The first-order chi connectivity index (χ1) is 24.6. The Bertz CT molecular complexity index is 2760. The molecule has 1 heteroatoms. The van der Waals surface area contributed by atoms with Gasteiger partial charge >= 0.3 is 0 Å². The number of ketones is 1. The van der Waals surface area contributed by atoms with Crippen LogP contribution in [0.25, 0.3) is 86.9 Å². The van der Waals surface area contributed by atoms with E-state index >= 15 is 0 Å². The van der Waals surface area contributed by atoms with Crippen LogP contribution >= 0.6 is 0 Å². The smallest absolute Gasteiger partial charge is 0.193 e. The van der Waals surface area contributed by atoms with Crippen LogP contribution in [-0.4, -0.2) is 5.78 Å². The molecule has 0 unspecified atom stereocenters. The fourth-order valence-electron chi connectivity index (χ4n) is 7.66. The van der Waals surface area contributed by atoms with Crippen molar-refractivity contribution in [1.82, 2.24) is 0 Å². The number of hydrogen-bond acceptors (Lipinski definition) is 1. The molecule has 0 saturated carbocycles. The van der Waals surface area contributed by atoms with Gasteiger partial charge in [-0.15, -0.1) is 0 Å². The van der Waals surface area contributed by atoms with Gasteiger partial charge in [-0.3, -0.25) is 4.79 Å². The predicted molar refractivity (Wildman–Crippen MR) is 212 cm³/mol. The van der Waals surface area contributed by atoms with E-state index in [4.69, 9.17) is 0 Å². The molecule has 0 amide bonds. The van der Waals surface area contributed by atoms with Gasteiger partial charge in [-0.25, -0.2) is 0 Å². The lowest BCUT2D eigenvalue weighted by molar-refractivity contribution is 0.103. The van der Waals surface area contributed by atoms with Crippen LogP contribution in [0.2, 0.25) is 0 Å². The highest BCUT2D eigenvalue weighted by atomic mass is 16.1. The molecule has 0 aliphatic carbocycles. The highest BCUT2D eigenvalue weighted by Crippen LogP contribution is 2.34. The summed E-state index contributed by atoms with van der Waals surface area (Å²) in [6, 6.07) is 64.3. The fraction of sp³-hybridized carbons (Fsp3) is 0. The maximum Gasteiger partial charge on any atom is 0.193 e. The number of hydrogen-bond donors (Lipinski definition) is 0. The van der Waals surface area contributed by atoms with Crippen molar-refractivity contribution in [2.24, 2.45) is 0 Å². The van der Waals surface area contributed by atoms with Crippen molar-refractivity contribution in [1.29, 1.82) is 0 Å². The molecule has 50 heavy (non-hydrogen) atoms. The van der Waals surface area contributed by atoms with E-state index in [1.165, 1.54) is 64.6 Å². The quantitative estimate of drug-likeness (QED) is 0.107. The molecule has 10 aromatic carbocycles. The van der Waals surface area contributed by atoms with Crippen LogP contribution in [-0.2, 0) is 0 Å². The Morgan fingerprint density at radius 2 is 0.600 bits per heavy atom. The van der Waals surface area contributed by atoms with Crippen LogP contribution in [0.3, 0.4) is 0 Å². The van der Waals surface area contributed by atoms with E-state index in [-0.39, 0.29) is 5.78 Å². The summed E-state index contributed by atoms with van der Waals surface area (Å²) in [6.45, 7) is 0. The second-order valence-corrected chi connectivity index (χ2v) is 13.3. The van der Waals surface area contributed by atoms with E-state index in [1.807, 2.05) is 24.3 Å². The average Bonchev–Trinajstić information content (AvgIpc) is 3.18. The second kappa shape index (κ2) is 11.3. The van der Waals surface area contributed by atoms with Crippen LogP contribution in [0.1, 0.15) is 15.9 Å². The molecule has 0 aromatic heterocycles. The molecular formula is C49H30O. The summed E-state index contributed by atoms with van der Waals surface area (Å²) < 4.78 is 0. The lowest BCUT2D eigenvalue weighted by Gasteiger charge is -2.10. The van der Waals surface area contributed by atoms with E-state index in [0.717, 1.165) is 22.3 Å². The fourth-order valence-corrected chi connectivity index (χ4v) is 7.66. The Labute approximate surface area is 289 Å². The Balaban J connectivity index is 0.905. The normalized spacial score (nSPS) is 11.7. The molecule has 0 bridgehead atoms. The summed E-state index contributed by atoms with van der Waals surface area (Å²) in [4.78, 5) is 13.5. The zero-order chi connectivity index (χ0) is 33.2. The van der Waals surface area contributed by atoms with Crippen LogP contribution in [0.5, 0.6) is 0 Å². The summed E-state index contributed by atoms with van der Waals surface area (Å²) >= 11 is 0. The van der Waals surface area contributed by atoms with Gasteiger partial charge in [0.1, 0.15) is 0 Å². The van der Waals surface area contributed by atoms with Gasteiger partial charge in [0.25, 0.3) is 0 Å². The van der Waals surface area contributed by atoms with Crippen molar-refractivity contribution in [2.45, 2.75) is 0 Å². The van der Waals surface area contributed by atoms with Crippen molar-refractivity contribution in [3.8, 4) is 22.3 Å². The van der Waals surface area contributed by atoms with Crippen LogP contribution in [0, 0.1) is 0 Å². The first kappa shape index (κ1) is 28.4. The monoisotopic (exact) mass is 634 g/mol. The van der Waals surface area contributed by atoms with E-state index in [9.17, 15) is 4.79 Å². The van der Waals surface area contributed by atoms with Gasteiger partial charge in [-0.05, 0) is 123 Å². The molecule has 0 spiro atoms. The van der Waals surface area contributed by atoms with Crippen molar-refractivity contribution in [3.63, 3.8) is 0 Å². The van der Waals surface area contributed by atoms with Gasteiger partial charge in [-0.1, -0.05) is 146 Å². The molecule has 0 aliphatic heterocycles. The summed E-state index contributed by atoms with van der Waals surface area (Å²) in [5.41, 5.74) is 5.83. The van der Waals surface area contributed by atoms with Gasteiger partial charge < -0.3 is 0 Å². The third kappa shape index (κ3) is 4.75. The van der Waals surface area contributed by atoms with E-state index < -0.39 is 0 Å². The Morgan fingerprint density at radius 1 is 0.260 bits per heavy atom. The van der Waals surface area contributed by atoms with Crippen LogP contribution < -0.4 is 0 Å². The number of fused-ring (bicyclic) bond motifs is 8. The van der Waals surface area contributed by atoms with Gasteiger partial charge in [0, 0.05) is 11.1 Å². The Morgan fingerprint density at radius 3 is 1.00 bits per heavy atom. The number of carbonyl (C=O) groups is 1. The van der Waals surface area contributed by atoms with Crippen LogP contribution in [0.15, 0.2) is 182 Å². The number of carbonyl (C=O) groups excluding carboxylic acids is 1. The number of rotatable bonds is 4. The summed E-state index contributed by atoms with van der Waals surface area (Å²) in [6.07, 6.45) is 0. The SMILES string of the molecule is O=C(c1ccc(-c2ccc3c(ccc4cc5ccccc5cc43)c2)cc1)c1ccc(-c2ccc3c(ccc4cc5ccccc5cc43)c2)cc1. The molecule has 0 heterocycles. The summed E-state index contributed by atoms with van der Waals surface area (Å²) in [7, 11) is 0. The molecule has 0 atom stereocenters. The Hall–Kier alpha value is -6.57. The minimum absolute atomic E-state index is 0.0255. The molecule has 1 nitrogen and oxygen atoms in total. The molecule has 0 saturated heterocycles. The minimum Gasteiger partial charge on any atom is -0.289 e. The Kier molecular flexibility index (Phi) is 6.40. The van der Waals surface area contributed by atoms with E-state index in [0.29, 0.717) is 11.1 Å². The predicted octanol–water partition coefficient (Wildman–Crippen LogP) is 13.2. The molecular weight excluding hydrogens is 605 g/mol. The maximum absolute atomic E-state index is 13.5. The zero-order valence-corrected chi connectivity index (χ0v) is 27.2. The maximum atomic E-state index is 13.5. The van der Waals surface area contributed by atoms with Gasteiger partial charge in [0.05, 0.1) is 0 Å². The van der Waals surface area contributed by atoms with Crippen molar-refractivity contribution in [3.05, 3.63) is 193 Å². The molecule has 0 aliphatic rings. The van der Waals surface area contributed by atoms with Crippen molar-refractivity contribution >= 4 is 70.4 Å². The average molecular weight is 635 g/mol. The summed E-state index contributed by atoms with van der Waals surface area (Å²) in [5.74, 6) is 0.0255. The van der Waals surface area contributed by atoms with E-state index in [1.54, 1.807) is 0 Å². The molecule has 0 radical (unpaired) electrons. The largest absolute Gasteiger partial charge is 0.289 e. The summed E-state index contributed by atoms with van der Waals surface area (Å²) in [5, 5.41) is 15.0. The lowest BCUT2D eigenvalue weighted by atomic mass is 9.94. The highest BCUT2D eigenvalue weighted by molar-refractivity contribution is 6.14.